The number of fused-ring (bicyclic) bond motifs is 1. The molecule has 4 rings (SSSR count). The molecule has 1 aliphatic heterocycles. The second-order valence-corrected chi connectivity index (χ2v) is 7.87. The predicted octanol–water partition coefficient (Wildman–Crippen LogP) is 3.32. The van der Waals surface area contributed by atoms with Crippen LogP contribution in [-0.4, -0.2) is 40.3 Å². The highest BCUT2D eigenvalue weighted by atomic mass is 16.6. The van der Waals surface area contributed by atoms with Gasteiger partial charge in [-0.2, -0.15) is 0 Å². The third-order valence-electron chi connectivity index (χ3n) is 6.18. The second kappa shape index (κ2) is 7.45. The summed E-state index contributed by atoms with van der Waals surface area (Å²) in [5, 5.41) is 22.3. The van der Waals surface area contributed by atoms with Gasteiger partial charge >= 0.3 is 0 Å². The first-order valence-corrected chi connectivity index (χ1v) is 9.79. The minimum absolute atomic E-state index is 0.0794. The smallest absolute Gasteiger partial charge is 0.280 e. The van der Waals surface area contributed by atoms with Crippen molar-refractivity contribution in [2.45, 2.75) is 31.3 Å². The van der Waals surface area contributed by atoms with Crippen LogP contribution in [0.3, 0.4) is 0 Å². The number of nitro benzene ring substituents is 1. The maximum atomic E-state index is 13.0. The standard InChI is InChI=1S/C22H24N2O4/c25-21-17(10-9-16-5-4-8-19(20(16)21)24(27)28)15-23-13-11-22(26,12-14-23)18-6-2-1-3-7-18/h1-8,17,26H,9-15H2. The lowest BCUT2D eigenvalue weighted by Gasteiger charge is -2.40. The molecular formula is C22H24N2O4. The average Bonchev–Trinajstić information content (AvgIpc) is 2.72. The van der Waals surface area contributed by atoms with Crippen molar-refractivity contribution < 1.29 is 14.8 Å². The molecule has 0 radical (unpaired) electrons. The Morgan fingerprint density at radius 3 is 2.50 bits per heavy atom. The Morgan fingerprint density at radius 1 is 1.11 bits per heavy atom. The van der Waals surface area contributed by atoms with Crippen LogP contribution in [0, 0.1) is 16.0 Å². The fraction of sp³-hybridized carbons (Fsp3) is 0.409. The lowest BCUT2D eigenvalue weighted by atomic mass is 9.80. The molecule has 2 aliphatic rings. The van der Waals surface area contributed by atoms with E-state index in [1.54, 1.807) is 6.07 Å². The molecule has 1 heterocycles. The van der Waals surface area contributed by atoms with E-state index in [0.29, 0.717) is 50.9 Å². The van der Waals surface area contributed by atoms with E-state index >= 15 is 0 Å². The molecule has 2 aromatic carbocycles. The average molecular weight is 380 g/mol. The van der Waals surface area contributed by atoms with Crippen LogP contribution >= 0.6 is 0 Å². The van der Waals surface area contributed by atoms with Crippen LogP contribution in [0.15, 0.2) is 48.5 Å². The van der Waals surface area contributed by atoms with Crippen molar-refractivity contribution in [3.05, 3.63) is 75.3 Å². The number of rotatable bonds is 4. The molecule has 6 heteroatoms. The van der Waals surface area contributed by atoms with Crippen molar-refractivity contribution in [1.82, 2.24) is 4.90 Å². The van der Waals surface area contributed by atoms with Crippen LogP contribution < -0.4 is 0 Å². The van der Waals surface area contributed by atoms with Crippen LogP contribution in [0.2, 0.25) is 0 Å². The number of hydrogen-bond acceptors (Lipinski definition) is 5. The molecule has 0 aromatic heterocycles. The van der Waals surface area contributed by atoms with Gasteiger partial charge < -0.3 is 10.0 Å². The number of piperidine rings is 1. The van der Waals surface area contributed by atoms with Gasteiger partial charge in [-0.25, -0.2) is 0 Å². The summed E-state index contributed by atoms with van der Waals surface area (Å²) in [7, 11) is 0. The normalized spacial score (nSPS) is 21.9. The van der Waals surface area contributed by atoms with Crippen LogP contribution in [0.25, 0.3) is 0 Å². The van der Waals surface area contributed by atoms with Crippen LogP contribution in [0.1, 0.15) is 40.7 Å². The van der Waals surface area contributed by atoms with Crippen LogP contribution in [-0.2, 0) is 12.0 Å². The van der Waals surface area contributed by atoms with Gasteiger partial charge in [0.1, 0.15) is 0 Å². The Bertz CT molecular complexity index is 889. The highest BCUT2D eigenvalue weighted by Crippen LogP contribution is 2.35. The van der Waals surface area contributed by atoms with Gasteiger partial charge in [-0.15, -0.1) is 0 Å². The molecule has 146 valence electrons. The van der Waals surface area contributed by atoms with Gasteiger partial charge in [-0.05, 0) is 36.8 Å². The minimum atomic E-state index is -0.820. The SMILES string of the molecule is O=C1c2c(cccc2[N+](=O)[O-])CCC1CN1CCC(O)(c2ccccc2)CC1. The van der Waals surface area contributed by atoms with E-state index in [1.165, 1.54) is 6.07 Å². The summed E-state index contributed by atoms with van der Waals surface area (Å²) >= 11 is 0. The zero-order valence-corrected chi connectivity index (χ0v) is 15.7. The Balaban J connectivity index is 1.44. The van der Waals surface area contributed by atoms with E-state index in [2.05, 4.69) is 4.90 Å². The van der Waals surface area contributed by atoms with Gasteiger partial charge in [-0.3, -0.25) is 14.9 Å². The van der Waals surface area contributed by atoms with E-state index in [1.807, 2.05) is 36.4 Å². The third kappa shape index (κ3) is 3.45. The molecule has 1 unspecified atom stereocenters. The molecule has 2 aromatic rings. The van der Waals surface area contributed by atoms with Gasteiger partial charge in [0.15, 0.2) is 5.78 Å². The first kappa shape index (κ1) is 18.8. The fourth-order valence-corrected chi connectivity index (χ4v) is 4.52. The van der Waals surface area contributed by atoms with Crippen molar-refractivity contribution >= 4 is 11.5 Å². The maximum absolute atomic E-state index is 13.0. The zero-order chi connectivity index (χ0) is 19.7. The summed E-state index contributed by atoms with van der Waals surface area (Å²) in [6.45, 7) is 2.01. The molecule has 0 bridgehead atoms. The number of aryl methyl sites for hydroxylation is 1. The Labute approximate surface area is 163 Å². The quantitative estimate of drug-likeness (QED) is 0.650. The van der Waals surface area contributed by atoms with E-state index in [-0.39, 0.29) is 17.4 Å². The van der Waals surface area contributed by atoms with Gasteiger partial charge in [0.2, 0.25) is 0 Å². The summed E-state index contributed by atoms with van der Waals surface area (Å²) in [6.07, 6.45) is 2.64. The minimum Gasteiger partial charge on any atom is -0.385 e. The second-order valence-electron chi connectivity index (χ2n) is 7.87. The molecule has 6 nitrogen and oxygen atoms in total. The number of Topliss-reactive ketones (excluding diaryl/α,β-unsaturated/α-hetero) is 1. The van der Waals surface area contributed by atoms with Crippen molar-refractivity contribution in [1.29, 1.82) is 0 Å². The zero-order valence-electron chi connectivity index (χ0n) is 15.7. The van der Waals surface area contributed by atoms with Crippen molar-refractivity contribution in [2.75, 3.05) is 19.6 Å². The monoisotopic (exact) mass is 380 g/mol. The number of hydrogen-bond donors (Lipinski definition) is 1. The predicted molar refractivity (Wildman–Crippen MR) is 105 cm³/mol. The number of aliphatic hydroxyl groups is 1. The third-order valence-corrected chi connectivity index (χ3v) is 6.18. The molecule has 0 amide bonds. The number of nitro groups is 1. The molecule has 0 spiro atoms. The highest BCUT2D eigenvalue weighted by Gasteiger charge is 2.37. The van der Waals surface area contributed by atoms with E-state index < -0.39 is 10.5 Å². The van der Waals surface area contributed by atoms with Gasteiger partial charge in [0.05, 0.1) is 16.1 Å². The lowest BCUT2D eigenvalue weighted by molar-refractivity contribution is -0.385. The summed E-state index contributed by atoms with van der Waals surface area (Å²) < 4.78 is 0. The van der Waals surface area contributed by atoms with Crippen molar-refractivity contribution in [3.8, 4) is 0 Å². The largest absolute Gasteiger partial charge is 0.385 e. The molecule has 1 fully saturated rings. The number of nitrogens with zero attached hydrogens (tertiary/aromatic N) is 2. The number of carbonyl (C=O) groups is 1. The van der Waals surface area contributed by atoms with Crippen LogP contribution in [0.4, 0.5) is 5.69 Å². The molecular weight excluding hydrogens is 356 g/mol. The lowest BCUT2D eigenvalue weighted by Crippen LogP contribution is -2.45. The summed E-state index contributed by atoms with van der Waals surface area (Å²) in [6, 6.07) is 14.6. The Hall–Kier alpha value is -2.57. The Kier molecular flexibility index (Phi) is 5.00. The molecule has 1 N–H and O–H groups in total. The Morgan fingerprint density at radius 2 is 1.82 bits per heavy atom. The van der Waals surface area contributed by atoms with E-state index in [9.17, 15) is 20.0 Å². The summed E-state index contributed by atoms with van der Waals surface area (Å²) in [5.41, 5.74) is 1.12. The molecule has 1 atom stereocenters. The van der Waals surface area contributed by atoms with Crippen molar-refractivity contribution in [2.24, 2.45) is 5.92 Å². The highest BCUT2D eigenvalue weighted by molar-refractivity contribution is 6.03. The van der Waals surface area contributed by atoms with Crippen LogP contribution in [0.5, 0.6) is 0 Å². The summed E-state index contributed by atoms with van der Waals surface area (Å²) in [4.78, 5) is 26.1. The number of ketones is 1. The molecule has 28 heavy (non-hydrogen) atoms. The number of likely N-dealkylation sites (tertiary alicyclic amines) is 1. The number of carbonyl (C=O) groups excluding carboxylic acids is 1. The number of benzene rings is 2. The first-order chi connectivity index (χ1) is 13.5. The first-order valence-electron chi connectivity index (χ1n) is 9.79. The van der Waals surface area contributed by atoms with Gasteiger partial charge in [-0.1, -0.05) is 42.5 Å². The topological polar surface area (TPSA) is 83.7 Å². The molecule has 0 saturated carbocycles. The van der Waals surface area contributed by atoms with E-state index in [4.69, 9.17) is 0 Å². The molecule has 1 aliphatic carbocycles. The summed E-state index contributed by atoms with van der Waals surface area (Å²) in [5.74, 6) is -0.339. The van der Waals surface area contributed by atoms with Gasteiger partial charge in [0.25, 0.3) is 5.69 Å². The molecule has 1 saturated heterocycles. The van der Waals surface area contributed by atoms with E-state index in [0.717, 1.165) is 11.1 Å². The van der Waals surface area contributed by atoms with Crippen molar-refractivity contribution in [3.63, 3.8) is 0 Å². The van der Waals surface area contributed by atoms with Gasteiger partial charge in [0, 0.05) is 31.6 Å². The maximum Gasteiger partial charge on any atom is 0.280 e. The fourth-order valence-electron chi connectivity index (χ4n) is 4.52.